The number of hydrogen-bond donors (Lipinski definition) is 0. The van der Waals surface area contributed by atoms with E-state index in [-0.39, 0.29) is 16.0 Å². The predicted octanol–water partition coefficient (Wildman–Crippen LogP) is 1.16. The van der Waals surface area contributed by atoms with Crippen molar-refractivity contribution >= 4 is 21.5 Å². The highest BCUT2D eigenvalue weighted by Crippen LogP contribution is 2.25. The minimum Gasteiger partial charge on any atom is -0.294 e. The lowest BCUT2D eigenvalue weighted by Crippen LogP contribution is -2.30. The molecule has 100 valence electrons. The maximum atomic E-state index is 12.2. The summed E-state index contributed by atoms with van der Waals surface area (Å²) in [7, 11) is -3.81. The van der Waals surface area contributed by atoms with Crippen LogP contribution >= 0.6 is 0 Å². The summed E-state index contributed by atoms with van der Waals surface area (Å²) in [6, 6.07) is 11.1. The molecule has 0 amide bonds. The van der Waals surface area contributed by atoms with Gasteiger partial charge in [0.1, 0.15) is 15.6 Å². The predicted molar refractivity (Wildman–Crippen MR) is 72.0 cm³/mol. The number of carbonyl (C=O) groups excluding carboxylic acids is 1. The zero-order valence-electron chi connectivity index (χ0n) is 10.6. The molecule has 2 aromatic carbocycles. The molecule has 1 aliphatic heterocycles. The molecule has 0 saturated carbocycles. The van der Waals surface area contributed by atoms with Crippen molar-refractivity contribution in [3.8, 4) is 0 Å². The Balaban J connectivity index is 2.56. The zero-order valence-corrected chi connectivity index (χ0v) is 11.4. The summed E-state index contributed by atoms with van der Waals surface area (Å²) in [6.45, 7) is 1.41. The van der Waals surface area contributed by atoms with Crippen LogP contribution in [0.15, 0.2) is 56.8 Å². The van der Waals surface area contributed by atoms with Crippen LogP contribution in [0.5, 0.6) is 0 Å². The van der Waals surface area contributed by atoms with Crippen LogP contribution < -0.4 is 10.7 Å². The summed E-state index contributed by atoms with van der Waals surface area (Å²) in [5, 5.41) is 0.488. The fourth-order valence-corrected chi connectivity index (χ4v) is 3.21. The number of fused-ring (bicyclic) bond motifs is 2. The Kier molecular flexibility index (Phi) is 2.76. The molecule has 0 atom stereocenters. The van der Waals surface area contributed by atoms with Crippen molar-refractivity contribution in [2.45, 2.75) is 11.8 Å². The molecule has 0 spiro atoms. The van der Waals surface area contributed by atoms with Gasteiger partial charge in [-0.1, -0.05) is 18.2 Å². The molecule has 6 heteroatoms. The number of Topliss-reactive ketones (excluding diaryl/α,β-unsaturated/α-hetero) is 1. The first-order valence-electron chi connectivity index (χ1n) is 5.92. The molecule has 1 heterocycles. The Labute approximate surface area is 115 Å². The van der Waals surface area contributed by atoms with E-state index >= 15 is 0 Å². The van der Waals surface area contributed by atoms with Gasteiger partial charge in [0.25, 0.3) is 10.0 Å². The topological polar surface area (TPSA) is 75.9 Å². The van der Waals surface area contributed by atoms with E-state index in [4.69, 9.17) is 0 Å². The molecular formula is C14H10N2O3S. The average molecular weight is 286 g/mol. The first kappa shape index (κ1) is 12.7. The van der Waals surface area contributed by atoms with Crippen LogP contribution in [0.2, 0.25) is 0 Å². The van der Waals surface area contributed by atoms with Crippen LogP contribution in [0.1, 0.15) is 17.3 Å². The first-order valence-corrected chi connectivity index (χ1v) is 7.36. The Morgan fingerprint density at radius 3 is 2.55 bits per heavy atom. The minimum atomic E-state index is -3.81. The van der Waals surface area contributed by atoms with E-state index in [0.717, 1.165) is 0 Å². The van der Waals surface area contributed by atoms with Crippen LogP contribution in [0.25, 0.3) is 0 Å². The van der Waals surface area contributed by atoms with Gasteiger partial charge >= 0.3 is 0 Å². The van der Waals surface area contributed by atoms with E-state index in [1.165, 1.54) is 19.1 Å². The molecule has 20 heavy (non-hydrogen) atoms. The van der Waals surface area contributed by atoms with Gasteiger partial charge in [0, 0.05) is 5.56 Å². The summed E-state index contributed by atoms with van der Waals surface area (Å²) >= 11 is 0. The second-order valence-electron chi connectivity index (χ2n) is 4.38. The van der Waals surface area contributed by atoms with E-state index in [1.807, 2.05) is 0 Å². The van der Waals surface area contributed by atoms with Crippen molar-refractivity contribution in [1.82, 2.24) is 0 Å². The van der Waals surface area contributed by atoms with Crippen molar-refractivity contribution < 1.29 is 13.2 Å². The number of carbonyl (C=O) groups is 1. The monoisotopic (exact) mass is 286 g/mol. The Bertz CT molecular complexity index is 947. The van der Waals surface area contributed by atoms with Crippen LogP contribution in [-0.2, 0) is 10.0 Å². The third-order valence-electron chi connectivity index (χ3n) is 2.99. The van der Waals surface area contributed by atoms with Crippen LogP contribution in [0, 0.1) is 0 Å². The molecule has 0 fully saturated rings. The maximum absolute atomic E-state index is 12.2. The number of ketones is 1. The molecule has 0 bridgehead atoms. The molecule has 0 aromatic heterocycles. The lowest BCUT2D eigenvalue weighted by molar-refractivity contribution is 0.101. The average Bonchev–Trinajstić information content (AvgIpc) is 2.51. The highest BCUT2D eigenvalue weighted by atomic mass is 32.2. The van der Waals surface area contributed by atoms with Gasteiger partial charge in [-0.25, -0.2) is 4.99 Å². The second kappa shape index (κ2) is 4.35. The second-order valence-corrected chi connectivity index (χ2v) is 5.95. The van der Waals surface area contributed by atoms with Gasteiger partial charge in [-0.15, -0.1) is 0 Å². The molecule has 0 radical (unpaired) electrons. The fourth-order valence-electron chi connectivity index (χ4n) is 2.07. The highest BCUT2D eigenvalue weighted by molar-refractivity contribution is 7.90. The molecular weight excluding hydrogens is 276 g/mol. The minimum absolute atomic E-state index is 0.0469. The molecule has 0 unspecified atom stereocenters. The Morgan fingerprint density at radius 2 is 1.80 bits per heavy atom. The van der Waals surface area contributed by atoms with Gasteiger partial charge in [-0.3, -0.25) is 4.79 Å². The van der Waals surface area contributed by atoms with E-state index < -0.39 is 10.0 Å². The smallest absolute Gasteiger partial charge is 0.285 e. The van der Waals surface area contributed by atoms with Crippen molar-refractivity contribution in [3.63, 3.8) is 0 Å². The van der Waals surface area contributed by atoms with Gasteiger partial charge in [0.05, 0.1) is 5.69 Å². The maximum Gasteiger partial charge on any atom is 0.285 e. The standard InChI is InChI=1S/C14H10N2O3S/c1-9(17)10-5-4-7-12-14(10)15-11-6-2-3-8-13(11)20(18,19)16-12/h2-8H,1H3. The lowest BCUT2D eigenvalue weighted by Gasteiger charge is -1.99. The van der Waals surface area contributed by atoms with Crippen molar-refractivity contribution in [2.75, 3.05) is 0 Å². The summed E-state index contributed by atoms with van der Waals surface area (Å²) in [5.41, 5.74) is 0.654. The van der Waals surface area contributed by atoms with Crippen molar-refractivity contribution in [1.29, 1.82) is 0 Å². The first-order chi connectivity index (χ1) is 9.49. The summed E-state index contributed by atoms with van der Waals surface area (Å²) < 4.78 is 28.2. The summed E-state index contributed by atoms with van der Waals surface area (Å²) in [4.78, 5) is 16.0. The quantitative estimate of drug-likeness (QED) is 0.738. The molecule has 0 aliphatic carbocycles. The largest absolute Gasteiger partial charge is 0.294 e. The Hall–Kier alpha value is -2.34. The molecule has 5 nitrogen and oxygen atoms in total. The molecule has 3 rings (SSSR count). The molecule has 2 aromatic rings. The van der Waals surface area contributed by atoms with Gasteiger partial charge in [-0.2, -0.15) is 12.8 Å². The Morgan fingerprint density at radius 1 is 1.05 bits per heavy atom. The van der Waals surface area contributed by atoms with Crippen LogP contribution in [0.3, 0.4) is 0 Å². The van der Waals surface area contributed by atoms with Crippen LogP contribution in [0.4, 0.5) is 5.69 Å². The summed E-state index contributed by atoms with van der Waals surface area (Å²) in [6.07, 6.45) is 0. The van der Waals surface area contributed by atoms with Gasteiger partial charge < -0.3 is 0 Å². The number of para-hydroxylation sites is 2. The van der Waals surface area contributed by atoms with Crippen molar-refractivity contribution in [3.05, 3.63) is 58.7 Å². The number of rotatable bonds is 1. The number of nitrogens with zero attached hydrogens (tertiary/aromatic N) is 2. The third kappa shape index (κ3) is 1.94. The number of benzene rings is 2. The van der Waals surface area contributed by atoms with Crippen molar-refractivity contribution in [2.24, 2.45) is 9.39 Å². The number of sulfonamides is 1. The zero-order chi connectivity index (χ0) is 14.3. The van der Waals surface area contributed by atoms with Gasteiger partial charge in [0.2, 0.25) is 0 Å². The fraction of sp³-hybridized carbons (Fsp3) is 0.0714. The molecule has 0 N–H and O–H groups in total. The van der Waals surface area contributed by atoms with Gasteiger partial charge in [-0.05, 0) is 31.2 Å². The van der Waals surface area contributed by atoms with E-state index in [0.29, 0.717) is 16.6 Å². The van der Waals surface area contributed by atoms with E-state index in [1.54, 1.807) is 30.3 Å². The van der Waals surface area contributed by atoms with Crippen LogP contribution in [-0.4, -0.2) is 14.2 Å². The number of hydrogen-bond acceptors (Lipinski definition) is 4. The lowest BCUT2D eigenvalue weighted by atomic mass is 10.1. The SMILES string of the molecule is CC(=O)c1cccc2c1=Nc1ccccc1S(=O)(=O)N=2. The normalized spacial score (nSPS) is 15.1. The van der Waals surface area contributed by atoms with E-state index in [2.05, 4.69) is 9.39 Å². The summed E-state index contributed by atoms with van der Waals surface area (Å²) in [5.74, 6) is -0.183. The molecule has 1 aliphatic rings. The highest BCUT2D eigenvalue weighted by Gasteiger charge is 2.20. The van der Waals surface area contributed by atoms with Gasteiger partial charge in [0.15, 0.2) is 5.78 Å². The third-order valence-corrected chi connectivity index (χ3v) is 4.33. The molecule has 0 saturated heterocycles. The van der Waals surface area contributed by atoms with E-state index in [9.17, 15) is 13.2 Å².